The highest BCUT2D eigenvalue weighted by atomic mass is 16.5. The molecule has 0 aromatic carbocycles. The van der Waals surface area contributed by atoms with Gasteiger partial charge in [0.15, 0.2) is 0 Å². The predicted molar refractivity (Wildman–Crippen MR) is 56.9 cm³/mol. The second-order valence-electron chi connectivity index (χ2n) is 3.94. The van der Waals surface area contributed by atoms with Crippen LogP contribution in [0.1, 0.15) is 24.0 Å². The first-order chi connectivity index (χ1) is 7.33. The number of methoxy groups -OCH3 is 1. The van der Waals surface area contributed by atoms with Gasteiger partial charge in [-0.2, -0.15) is 0 Å². The minimum absolute atomic E-state index is 0.517. The average Bonchev–Trinajstić information content (AvgIpc) is 2.84. The van der Waals surface area contributed by atoms with E-state index in [1.54, 1.807) is 7.11 Å². The lowest BCUT2D eigenvalue weighted by atomic mass is 10.1. The molecular weight excluding hydrogens is 192 g/mol. The molecule has 0 saturated carbocycles. The van der Waals surface area contributed by atoms with Crippen molar-refractivity contribution in [3.05, 3.63) is 11.6 Å². The molecule has 1 aliphatic rings. The normalized spacial score (nSPS) is 21.1. The van der Waals surface area contributed by atoms with Crippen LogP contribution < -0.4 is 5.32 Å². The van der Waals surface area contributed by atoms with E-state index in [0.717, 1.165) is 37.7 Å². The summed E-state index contributed by atoms with van der Waals surface area (Å²) in [4.78, 5) is 0. The van der Waals surface area contributed by atoms with Gasteiger partial charge >= 0.3 is 0 Å². The van der Waals surface area contributed by atoms with Gasteiger partial charge < -0.3 is 14.6 Å². The fourth-order valence-electron chi connectivity index (χ4n) is 2.03. The topological polar surface area (TPSA) is 52.0 Å². The van der Waals surface area contributed by atoms with Crippen molar-refractivity contribution in [1.29, 1.82) is 0 Å². The Labute approximate surface area is 89.8 Å². The van der Waals surface area contributed by atoms with Crippen LogP contribution in [-0.4, -0.2) is 41.6 Å². The highest BCUT2D eigenvalue weighted by molar-refractivity contribution is 5.04. The third-order valence-corrected chi connectivity index (χ3v) is 2.91. The first-order valence-electron chi connectivity index (χ1n) is 5.42. The molecule has 1 aliphatic heterocycles. The van der Waals surface area contributed by atoms with Gasteiger partial charge in [-0.1, -0.05) is 0 Å². The van der Waals surface area contributed by atoms with Crippen molar-refractivity contribution in [2.24, 2.45) is 0 Å². The van der Waals surface area contributed by atoms with E-state index in [0.29, 0.717) is 12.5 Å². The van der Waals surface area contributed by atoms with Gasteiger partial charge in [-0.05, 0) is 19.9 Å². The van der Waals surface area contributed by atoms with Gasteiger partial charge in [0.2, 0.25) is 0 Å². The summed E-state index contributed by atoms with van der Waals surface area (Å²) in [5, 5.41) is 11.8. The number of rotatable bonds is 4. The summed E-state index contributed by atoms with van der Waals surface area (Å²) in [6, 6.07) is 0. The Balaban J connectivity index is 2.14. The molecule has 0 aliphatic carbocycles. The van der Waals surface area contributed by atoms with Gasteiger partial charge in [0, 0.05) is 26.1 Å². The fraction of sp³-hybridized carbons (Fsp3) is 0.800. The van der Waals surface area contributed by atoms with E-state index in [1.165, 1.54) is 0 Å². The standard InChI is InChI=1S/C10H18N4O/c1-8-12-13-10(9-3-4-11-7-9)14(8)5-6-15-2/h9,11H,3-7H2,1-2H3. The molecular formula is C10H18N4O. The summed E-state index contributed by atoms with van der Waals surface area (Å²) in [6.07, 6.45) is 1.16. The number of hydrogen-bond acceptors (Lipinski definition) is 4. The van der Waals surface area contributed by atoms with Crippen LogP contribution in [0, 0.1) is 6.92 Å². The van der Waals surface area contributed by atoms with Crippen molar-refractivity contribution in [1.82, 2.24) is 20.1 Å². The molecule has 2 heterocycles. The van der Waals surface area contributed by atoms with Crippen LogP contribution in [0.2, 0.25) is 0 Å². The van der Waals surface area contributed by atoms with Crippen LogP contribution in [0.25, 0.3) is 0 Å². The zero-order valence-electron chi connectivity index (χ0n) is 9.36. The molecule has 0 radical (unpaired) electrons. The van der Waals surface area contributed by atoms with Gasteiger partial charge in [0.25, 0.3) is 0 Å². The highest BCUT2D eigenvalue weighted by Gasteiger charge is 2.22. The van der Waals surface area contributed by atoms with E-state index in [2.05, 4.69) is 20.1 Å². The Morgan fingerprint density at radius 3 is 3.07 bits per heavy atom. The first-order valence-corrected chi connectivity index (χ1v) is 5.42. The summed E-state index contributed by atoms with van der Waals surface area (Å²) in [6.45, 7) is 5.66. The van der Waals surface area contributed by atoms with Crippen molar-refractivity contribution < 1.29 is 4.74 Å². The monoisotopic (exact) mass is 210 g/mol. The number of aryl methyl sites for hydroxylation is 1. The molecule has 1 aromatic heterocycles. The lowest BCUT2D eigenvalue weighted by Gasteiger charge is -2.11. The molecule has 5 nitrogen and oxygen atoms in total. The van der Waals surface area contributed by atoms with Gasteiger partial charge in [0.1, 0.15) is 11.6 Å². The molecule has 1 atom stereocenters. The van der Waals surface area contributed by atoms with Gasteiger partial charge in [-0.3, -0.25) is 0 Å². The molecule has 1 aromatic rings. The summed E-state index contributed by atoms with van der Waals surface area (Å²) in [5.74, 6) is 2.60. The van der Waals surface area contributed by atoms with Crippen LogP contribution in [0.5, 0.6) is 0 Å². The zero-order chi connectivity index (χ0) is 10.7. The number of ether oxygens (including phenoxy) is 1. The number of hydrogen-bond donors (Lipinski definition) is 1. The second-order valence-corrected chi connectivity index (χ2v) is 3.94. The molecule has 0 spiro atoms. The number of nitrogens with zero attached hydrogens (tertiary/aromatic N) is 3. The van der Waals surface area contributed by atoms with E-state index in [9.17, 15) is 0 Å². The smallest absolute Gasteiger partial charge is 0.137 e. The molecule has 84 valence electrons. The number of aromatic nitrogens is 3. The summed E-state index contributed by atoms with van der Waals surface area (Å²) in [7, 11) is 1.72. The van der Waals surface area contributed by atoms with E-state index in [-0.39, 0.29) is 0 Å². The van der Waals surface area contributed by atoms with Crippen molar-refractivity contribution in [2.45, 2.75) is 25.8 Å². The van der Waals surface area contributed by atoms with Gasteiger partial charge in [0.05, 0.1) is 6.61 Å². The molecule has 1 N–H and O–H groups in total. The lowest BCUT2D eigenvalue weighted by Crippen LogP contribution is -2.15. The molecule has 1 unspecified atom stereocenters. The quantitative estimate of drug-likeness (QED) is 0.777. The minimum atomic E-state index is 0.517. The molecule has 0 bridgehead atoms. The van der Waals surface area contributed by atoms with E-state index >= 15 is 0 Å². The Hall–Kier alpha value is -0.940. The average molecular weight is 210 g/mol. The Morgan fingerprint density at radius 1 is 1.53 bits per heavy atom. The maximum Gasteiger partial charge on any atom is 0.137 e. The van der Waals surface area contributed by atoms with Crippen LogP contribution in [-0.2, 0) is 11.3 Å². The van der Waals surface area contributed by atoms with Crippen LogP contribution in [0.15, 0.2) is 0 Å². The Kier molecular flexibility index (Phi) is 3.33. The van der Waals surface area contributed by atoms with Gasteiger partial charge in [-0.25, -0.2) is 0 Å². The summed E-state index contributed by atoms with van der Waals surface area (Å²) >= 11 is 0. The Morgan fingerprint density at radius 2 is 2.40 bits per heavy atom. The van der Waals surface area contributed by atoms with E-state index in [1.807, 2.05) is 6.92 Å². The third kappa shape index (κ3) is 2.18. The third-order valence-electron chi connectivity index (χ3n) is 2.91. The summed E-state index contributed by atoms with van der Waals surface area (Å²) in [5.41, 5.74) is 0. The lowest BCUT2D eigenvalue weighted by molar-refractivity contribution is 0.185. The fourth-order valence-corrected chi connectivity index (χ4v) is 2.03. The zero-order valence-corrected chi connectivity index (χ0v) is 9.36. The van der Waals surface area contributed by atoms with Crippen molar-refractivity contribution in [2.75, 3.05) is 26.8 Å². The molecule has 0 amide bonds. The van der Waals surface area contributed by atoms with E-state index in [4.69, 9.17) is 4.74 Å². The van der Waals surface area contributed by atoms with Crippen LogP contribution in [0.3, 0.4) is 0 Å². The van der Waals surface area contributed by atoms with Gasteiger partial charge in [-0.15, -0.1) is 10.2 Å². The largest absolute Gasteiger partial charge is 0.383 e. The molecule has 1 fully saturated rings. The molecule has 2 rings (SSSR count). The Bertz CT molecular complexity index is 317. The maximum absolute atomic E-state index is 5.10. The molecule has 15 heavy (non-hydrogen) atoms. The maximum atomic E-state index is 5.10. The molecule has 1 saturated heterocycles. The molecule has 5 heteroatoms. The summed E-state index contributed by atoms with van der Waals surface area (Å²) < 4.78 is 7.26. The first kappa shape index (κ1) is 10.6. The number of nitrogens with one attached hydrogen (secondary N) is 1. The minimum Gasteiger partial charge on any atom is -0.383 e. The van der Waals surface area contributed by atoms with Crippen LogP contribution in [0.4, 0.5) is 0 Å². The van der Waals surface area contributed by atoms with Crippen molar-refractivity contribution in [3.63, 3.8) is 0 Å². The second kappa shape index (κ2) is 4.72. The van der Waals surface area contributed by atoms with Crippen molar-refractivity contribution >= 4 is 0 Å². The predicted octanol–water partition coefficient (Wildman–Crippen LogP) is 0.310. The SMILES string of the molecule is COCCn1c(C)nnc1C1CCNC1. The van der Waals surface area contributed by atoms with Crippen LogP contribution >= 0.6 is 0 Å². The highest BCUT2D eigenvalue weighted by Crippen LogP contribution is 2.20. The van der Waals surface area contributed by atoms with E-state index < -0.39 is 0 Å². The van der Waals surface area contributed by atoms with Crippen molar-refractivity contribution in [3.8, 4) is 0 Å².